The first-order valence-electron chi connectivity index (χ1n) is 7.32. The number of carboxylic acid groups (broad SMARTS) is 1. The lowest BCUT2D eigenvalue weighted by molar-refractivity contribution is -0.162. The number of nitrogens with zero attached hydrogens (tertiary/aromatic N) is 1. The van der Waals surface area contributed by atoms with E-state index < -0.39 is 11.4 Å². The van der Waals surface area contributed by atoms with Gasteiger partial charge in [-0.3, -0.25) is 14.5 Å². The molecule has 0 radical (unpaired) electrons. The Balaban J connectivity index is 1.81. The first-order chi connectivity index (χ1) is 9.06. The highest BCUT2D eigenvalue weighted by atomic mass is 16.4. The van der Waals surface area contributed by atoms with Crippen molar-refractivity contribution in [3.05, 3.63) is 0 Å². The van der Waals surface area contributed by atoms with E-state index in [1.807, 2.05) is 0 Å². The predicted molar refractivity (Wildman–Crippen MR) is 71.8 cm³/mol. The van der Waals surface area contributed by atoms with E-state index in [9.17, 15) is 14.7 Å². The minimum Gasteiger partial charge on any atom is -0.480 e. The van der Waals surface area contributed by atoms with Crippen molar-refractivity contribution in [3.8, 4) is 0 Å². The molecule has 0 aromatic carbocycles. The van der Waals surface area contributed by atoms with E-state index in [4.69, 9.17) is 0 Å². The van der Waals surface area contributed by atoms with Crippen molar-refractivity contribution in [2.45, 2.75) is 51.5 Å². The Bertz CT molecular complexity index is 347. The van der Waals surface area contributed by atoms with Crippen molar-refractivity contribution >= 4 is 11.9 Å². The topological polar surface area (TPSA) is 69.6 Å². The Kier molecular flexibility index (Phi) is 4.45. The van der Waals surface area contributed by atoms with Crippen molar-refractivity contribution in [3.63, 3.8) is 0 Å². The van der Waals surface area contributed by atoms with Crippen LogP contribution >= 0.6 is 0 Å². The largest absolute Gasteiger partial charge is 0.480 e. The molecule has 1 amide bonds. The highest BCUT2D eigenvalue weighted by Gasteiger charge is 2.51. The molecular formula is C14H24N2O3. The van der Waals surface area contributed by atoms with Crippen LogP contribution in [-0.4, -0.2) is 47.6 Å². The fourth-order valence-electron chi connectivity index (χ4n) is 2.97. The molecule has 1 atom stereocenters. The molecule has 19 heavy (non-hydrogen) atoms. The van der Waals surface area contributed by atoms with E-state index in [2.05, 4.69) is 17.1 Å². The zero-order valence-corrected chi connectivity index (χ0v) is 11.7. The van der Waals surface area contributed by atoms with E-state index in [1.54, 1.807) is 0 Å². The van der Waals surface area contributed by atoms with Crippen LogP contribution in [0.2, 0.25) is 0 Å². The molecule has 0 aromatic rings. The second-order valence-corrected chi connectivity index (χ2v) is 5.90. The number of piperidine rings is 1. The summed E-state index contributed by atoms with van der Waals surface area (Å²) in [6.07, 6.45) is 5.52. The van der Waals surface area contributed by atoms with Crippen molar-refractivity contribution in [1.29, 1.82) is 0 Å². The Hall–Kier alpha value is -1.10. The van der Waals surface area contributed by atoms with Crippen LogP contribution in [0.3, 0.4) is 0 Å². The molecule has 108 valence electrons. The molecule has 5 heteroatoms. The second kappa shape index (κ2) is 5.90. The van der Waals surface area contributed by atoms with Crippen molar-refractivity contribution in [2.24, 2.45) is 5.41 Å². The number of hydrogen-bond acceptors (Lipinski definition) is 3. The third-order valence-electron chi connectivity index (χ3n) is 4.62. The molecule has 1 saturated heterocycles. The molecule has 5 nitrogen and oxygen atoms in total. The fourth-order valence-corrected chi connectivity index (χ4v) is 2.97. The molecule has 0 aromatic heterocycles. The Morgan fingerprint density at radius 3 is 2.32 bits per heavy atom. The minimum atomic E-state index is -1.14. The number of carbonyl (C=O) groups excluding carboxylic acids is 1. The van der Waals surface area contributed by atoms with Gasteiger partial charge in [0, 0.05) is 12.6 Å². The number of aliphatic carboxylic acids is 1. The van der Waals surface area contributed by atoms with Gasteiger partial charge in [0.1, 0.15) is 5.41 Å². The quantitative estimate of drug-likeness (QED) is 0.736. The van der Waals surface area contributed by atoms with Crippen LogP contribution in [0.25, 0.3) is 0 Å². The van der Waals surface area contributed by atoms with Crippen LogP contribution in [0.1, 0.15) is 45.4 Å². The van der Waals surface area contributed by atoms with E-state index in [0.717, 1.165) is 19.5 Å². The van der Waals surface area contributed by atoms with Crippen molar-refractivity contribution in [1.82, 2.24) is 10.2 Å². The summed E-state index contributed by atoms with van der Waals surface area (Å²) in [5, 5.41) is 12.0. The van der Waals surface area contributed by atoms with Gasteiger partial charge in [0.05, 0.1) is 0 Å². The first-order valence-corrected chi connectivity index (χ1v) is 7.32. The zero-order chi connectivity index (χ0) is 13.9. The lowest BCUT2D eigenvalue weighted by atomic mass is 9.68. The van der Waals surface area contributed by atoms with Crippen LogP contribution in [-0.2, 0) is 9.59 Å². The molecule has 1 unspecified atom stereocenters. The van der Waals surface area contributed by atoms with E-state index >= 15 is 0 Å². The summed E-state index contributed by atoms with van der Waals surface area (Å²) in [5.41, 5.74) is -1.14. The zero-order valence-electron chi connectivity index (χ0n) is 11.7. The summed E-state index contributed by atoms with van der Waals surface area (Å²) in [6.45, 7) is 4.82. The monoisotopic (exact) mass is 268 g/mol. The van der Waals surface area contributed by atoms with Crippen molar-refractivity contribution in [2.75, 3.05) is 19.6 Å². The van der Waals surface area contributed by atoms with Gasteiger partial charge in [-0.05, 0) is 45.7 Å². The molecule has 2 fully saturated rings. The number of carbonyl (C=O) groups is 2. The van der Waals surface area contributed by atoms with Gasteiger partial charge in [-0.15, -0.1) is 0 Å². The highest BCUT2D eigenvalue weighted by molar-refractivity contribution is 6.02. The van der Waals surface area contributed by atoms with Gasteiger partial charge in [0.15, 0.2) is 0 Å². The summed E-state index contributed by atoms with van der Waals surface area (Å²) in [7, 11) is 0. The third kappa shape index (κ3) is 2.91. The second-order valence-electron chi connectivity index (χ2n) is 5.90. The normalized spacial score (nSPS) is 24.3. The SMILES string of the molecule is CC(CNC(=O)C1(C(=O)O)CCC1)N1CCCCC1. The summed E-state index contributed by atoms with van der Waals surface area (Å²) >= 11 is 0. The molecule has 1 saturated carbocycles. The summed E-state index contributed by atoms with van der Waals surface area (Å²) in [6, 6.07) is 0.287. The van der Waals surface area contributed by atoms with Crippen LogP contribution in [0.5, 0.6) is 0 Å². The van der Waals surface area contributed by atoms with Crippen LogP contribution in [0, 0.1) is 5.41 Å². The van der Waals surface area contributed by atoms with E-state index in [-0.39, 0.29) is 11.9 Å². The number of likely N-dealkylation sites (tertiary alicyclic amines) is 1. The molecule has 0 spiro atoms. The number of carboxylic acids is 1. The molecule has 1 aliphatic heterocycles. The average molecular weight is 268 g/mol. The Morgan fingerprint density at radius 1 is 1.21 bits per heavy atom. The van der Waals surface area contributed by atoms with Crippen molar-refractivity contribution < 1.29 is 14.7 Å². The molecule has 1 heterocycles. The van der Waals surface area contributed by atoms with E-state index in [0.29, 0.717) is 19.4 Å². The predicted octanol–water partition coefficient (Wildman–Crippen LogP) is 1.23. The van der Waals surface area contributed by atoms with Gasteiger partial charge >= 0.3 is 5.97 Å². The fraction of sp³-hybridized carbons (Fsp3) is 0.857. The maximum absolute atomic E-state index is 12.1. The maximum Gasteiger partial charge on any atom is 0.319 e. The van der Waals surface area contributed by atoms with Crippen LogP contribution in [0.15, 0.2) is 0 Å². The van der Waals surface area contributed by atoms with Gasteiger partial charge in [-0.25, -0.2) is 0 Å². The summed E-state index contributed by atoms with van der Waals surface area (Å²) < 4.78 is 0. The maximum atomic E-state index is 12.1. The standard InChI is InChI=1S/C14H24N2O3/c1-11(16-8-3-2-4-9-16)10-15-12(17)14(13(18)19)6-5-7-14/h11H,2-10H2,1H3,(H,15,17)(H,18,19). The summed E-state index contributed by atoms with van der Waals surface area (Å²) in [5.74, 6) is -1.27. The lowest BCUT2D eigenvalue weighted by Crippen LogP contribution is -2.53. The summed E-state index contributed by atoms with van der Waals surface area (Å²) in [4.78, 5) is 25.7. The Labute approximate surface area is 114 Å². The Morgan fingerprint density at radius 2 is 1.84 bits per heavy atom. The minimum absolute atomic E-state index is 0.287. The molecule has 2 N–H and O–H groups in total. The van der Waals surface area contributed by atoms with Gasteiger partial charge in [0.25, 0.3) is 0 Å². The van der Waals surface area contributed by atoms with Crippen LogP contribution in [0.4, 0.5) is 0 Å². The van der Waals surface area contributed by atoms with Gasteiger partial charge in [-0.1, -0.05) is 12.8 Å². The van der Waals surface area contributed by atoms with Gasteiger partial charge in [-0.2, -0.15) is 0 Å². The molecule has 0 bridgehead atoms. The lowest BCUT2D eigenvalue weighted by Gasteiger charge is -2.37. The van der Waals surface area contributed by atoms with E-state index in [1.165, 1.54) is 19.3 Å². The van der Waals surface area contributed by atoms with Gasteiger partial charge in [0.2, 0.25) is 5.91 Å². The molecule has 2 aliphatic rings. The third-order valence-corrected chi connectivity index (χ3v) is 4.62. The number of hydrogen-bond donors (Lipinski definition) is 2. The number of amides is 1. The smallest absolute Gasteiger partial charge is 0.319 e. The first kappa shape index (κ1) is 14.3. The number of rotatable bonds is 5. The molecule has 2 rings (SSSR count). The average Bonchev–Trinajstić information content (AvgIpc) is 2.35. The van der Waals surface area contributed by atoms with Gasteiger partial charge < -0.3 is 10.4 Å². The molecular weight excluding hydrogens is 244 g/mol. The molecule has 1 aliphatic carbocycles. The number of nitrogens with one attached hydrogen (secondary N) is 1. The van der Waals surface area contributed by atoms with Crippen LogP contribution < -0.4 is 5.32 Å². The highest BCUT2D eigenvalue weighted by Crippen LogP contribution is 2.41.